The van der Waals surface area contributed by atoms with E-state index in [-0.39, 0.29) is 19.3 Å². The summed E-state index contributed by atoms with van der Waals surface area (Å²) in [6.45, 7) is -0.106. The Morgan fingerprint density at radius 2 is 2.29 bits per heavy atom. The molecule has 6 nitrogen and oxygen atoms in total. The van der Waals surface area contributed by atoms with Crippen LogP contribution in [0.1, 0.15) is 12.8 Å². The second-order valence-corrected chi connectivity index (χ2v) is 3.59. The maximum atomic E-state index is 10.9. The van der Waals surface area contributed by atoms with E-state index in [1.165, 1.54) is 4.90 Å². The number of nitrogens with zero attached hydrogens (tertiary/aromatic N) is 1. The number of carboxylic acids is 1. The fraction of sp³-hybridized carbons (Fsp3) is 0.875. The average molecular weight is 203 g/mol. The molecular weight excluding hydrogens is 190 g/mol. The van der Waals surface area contributed by atoms with Crippen LogP contribution in [0.25, 0.3) is 0 Å². The fourth-order valence-electron chi connectivity index (χ4n) is 2.08. The molecule has 0 aromatic heterocycles. The van der Waals surface area contributed by atoms with E-state index in [1.54, 1.807) is 0 Å². The number of aliphatic hydroxyl groups excluding tert-OH is 2. The van der Waals surface area contributed by atoms with Crippen LogP contribution in [0.5, 0.6) is 0 Å². The molecule has 4 atom stereocenters. The molecule has 2 aliphatic rings. The molecule has 2 unspecified atom stereocenters. The van der Waals surface area contributed by atoms with E-state index in [9.17, 15) is 9.90 Å². The van der Waals surface area contributed by atoms with Gasteiger partial charge in [-0.25, -0.2) is 4.90 Å². The Hall–Kier alpha value is -0.690. The number of aliphatic carboxylic acids is 1. The number of hydrogen-bond acceptors (Lipinski definition) is 5. The molecule has 0 bridgehead atoms. The Morgan fingerprint density at radius 3 is 2.79 bits per heavy atom. The molecule has 14 heavy (non-hydrogen) atoms. The summed E-state index contributed by atoms with van der Waals surface area (Å²) in [7, 11) is 0. The van der Waals surface area contributed by atoms with Gasteiger partial charge in [-0.15, -0.1) is 0 Å². The summed E-state index contributed by atoms with van der Waals surface area (Å²) in [5.41, 5.74) is 0. The van der Waals surface area contributed by atoms with Gasteiger partial charge >= 0.3 is 5.97 Å². The molecule has 0 spiro atoms. The summed E-state index contributed by atoms with van der Waals surface area (Å²) in [5.74, 6) is -1.01. The molecule has 3 N–H and O–H groups in total. The van der Waals surface area contributed by atoms with Crippen molar-refractivity contribution in [2.24, 2.45) is 0 Å². The first-order valence-electron chi connectivity index (χ1n) is 4.59. The highest BCUT2D eigenvalue weighted by Crippen LogP contribution is 2.37. The van der Waals surface area contributed by atoms with E-state index < -0.39 is 24.3 Å². The summed E-state index contributed by atoms with van der Waals surface area (Å²) in [6, 6.07) is -0.823. The lowest BCUT2D eigenvalue weighted by Crippen LogP contribution is -2.58. The van der Waals surface area contributed by atoms with Crippen LogP contribution in [-0.2, 0) is 9.53 Å². The number of aliphatic hydroxyl groups is 2. The van der Waals surface area contributed by atoms with E-state index in [0.717, 1.165) is 0 Å². The minimum absolute atomic E-state index is 0.106. The number of carboxylic acid groups (broad SMARTS) is 1. The van der Waals surface area contributed by atoms with Gasteiger partial charge in [0.15, 0.2) is 0 Å². The zero-order chi connectivity index (χ0) is 10.3. The molecule has 0 amide bonds. The van der Waals surface area contributed by atoms with E-state index in [4.69, 9.17) is 14.9 Å². The van der Waals surface area contributed by atoms with Gasteiger partial charge in [-0.05, 0) is 6.42 Å². The molecule has 0 aliphatic carbocycles. The molecule has 2 heterocycles. The molecule has 2 aliphatic heterocycles. The molecule has 0 radical (unpaired) electrons. The molecule has 0 saturated carbocycles. The lowest BCUT2D eigenvalue weighted by atomic mass is 10.0. The third-order valence-corrected chi connectivity index (χ3v) is 2.76. The Balaban J connectivity index is 2.09. The molecule has 2 saturated heterocycles. The van der Waals surface area contributed by atoms with Crippen LogP contribution in [0.2, 0.25) is 0 Å². The van der Waals surface area contributed by atoms with Gasteiger partial charge in [0, 0.05) is 13.0 Å². The number of carbonyl (C=O) groups is 1. The van der Waals surface area contributed by atoms with Crippen LogP contribution in [0, 0.1) is 0 Å². The van der Waals surface area contributed by atoms with Crippen LogP contribution < -0.4 is 0 Å². The van der Waals surface area contributed by atoms with Crippen LogP contribution in [0.15, 0.2) is 0 Å². The van der Waals surface area contributed by atoms with Crippen LogP contribution in [-0.4, -0.2) is 57.4 Å². The molecule has 80 valence electrons. The van der Waals surface area contributed by atoms with Crippen molar-refractivity contribution in [3.8, 4) is 0 Å². The smallest absolute Gasteiger partial charge is 0.323 e. The van der Waals surface area contributed by atoms with E-state index in [1.807, 2.05) is 0 Å². The van der Waals surface area contributed by atoms with Crippen molar-refractivity contribution in [2.45, 2.75) is 37.4 Å². The van der Waals surface area contributed by atoms with Gasteiger partial charge in [-0.1, -0.05) is 0 Å². The number of hydrogen-bond donors (Lipinski definition) is 3. The van der Waals surface area contributed by atoms with Crippen molar-refractivity contribution >= 4 is 5.97 Å². The first-order chi connectivity index (χ1) is 6.65. The normalized spacial score (nSPS) is 41.9. The van der Waals surface area contributed by atoms with Crippen molar-refractivity contribution in [1.29, 1.82) is 0 Å². The fourth-order valence-corrected chi connectivity index (χ4v) is 2.08. The van der Waals surface area contributed by atoms with Crippen LogP contribution in [0.4, 0.5) is 0 Å². The zero-order valence-electron chi connectivity index (χ0n) is 7.54. The highest BCUT2D eigenvalue weighted by Gasteiger charge is 2.55. The van der Waals surface area contributed by atoms with Crippen LogP contribution in [0.3, 0.4) is 0 Å². The summed E-state index contributed by atoms with van der Waals surface area (Å²) in [5, 5.41) is 27.0. The maximum absolute atomic E-state index is 10.9. The standard InChI is InChI=1S/C8H13NO5/c10-2-1-4-7(8(12)13)9-5(11)3-6(9)14-4/h4-7,10-11H,1-3H2,(H,12,13)/t4?,5?,6-,7-/m1/s1. The second kappa shape index (κ2) is 3.47. The Labute approximate surface area is 80.7 Å². The van der Waals surface area contributed by atoms with Gasteiger partial charge in [0.05, 0.1) is 6.10 Å². The summed E-state index contributed by atoms with van der Waals surface area (Å²) in [6.07, 6.45) is -0.783. The van der Waals surface area contributed by atoms with E-state index >= 15 is 0 Å². The lowest BCUT2D eigenvalue weighted by Gasteiger charge is -2.40. The first kappa shape index (κ1) is 9.85. The molecule has 6 heteroatoms. The second-order valence-electron chi connectivity index (χ2n) is 3.59. The zero-order valence-corrected chi connectivity index (χ0v) is 7.54. The lowest BCUT2D eigenvalue weighted by molar-refractivity contribution is -0.186. The minimum Gasteiger partial charge on any atom is -0.480 e. The number of ether oxygens (including phenoxy) is 1. The van der Waals surface area contributed by atoms with Gasteiger partial charge < -0.3 is 20.1 Å². The van der Waals surface area contributed by atoms with Crippen molar-refractivity contribution in [3.63, 3.8) is 0 Å². The highest BCUT2D eigenvalue weighted by atomic mass is 16.5. The van der Waals surface area contributed by atoms with E-state index in [2.05, 4.69) is 0 Å². The molecule has 0 aromatic rings. The van der Waals surface area contributed by atoms with Crippen molar-refractivity contribution in [2.75, 3.05) is 6.61 Å². The van der Waals surface area contributed by atoms with Gasteiger partial charge in [0.25, 0.3) is 0 Å². The molecule has 0 aromatic carbocycles. The predicted octanol–water partition coefficient (Wildman–Crippen LogP) is -1.43. The number of rotatable bonds is 3. The first-order valence-corrected chi connectivity index (χ1v) is 4.59. The van der Waals surface area contributed by atoms with Crippen molar-refractivity contribution in [1.82, 2.24) is 4.90 Å². The summed E-state index contributed by atoms with van der Waals surface area (Å²) < 4.78 is 5.37. The quantitative estimate of drug-likeness (QED) is 0.521. The van der Waals surface area contributed by atoms with Crippen LogP contribution >= 0.6 is 0 Å². The van der Waals surface area contributed by atoms with Gasteiger partial charge in [0.1, 0.15) is 18.5 Å². The van der Waals surface area contributed by atoms with Crippen molar-refractivity contribution in [3.05, 3.63) is 0 Å². The summed E-state index contributed by atoms with van der Waals surface area (Å²) in [4.78, 5) is 12.3. The molecule has 2 fully saturated rings. The molecule has 2 rings (SSSR count). The topological polar surface area (TPSA) is 90.2 Å². The Kier molecular flexibility index (Phi) is 2.44. The van der Waals surface area contributed by atoms with Crippen molar-refractivity contribution < 1.29 is 24.9 Å². The third kappa shape index (κ3) is 1.31. The van der Waals surface area contributed by atoms with Gasteiger partial charge in [-0.2, -0.15) is 0 Å². The van der Waals surface area contributed by atoms with Gasteiger partial charge in [-0.3, -0.25) is 4.79 Å². The predicted molar refractivity (Wildman–Crippen MR) is 44.3 cm³/mol. The monoisotopic (exact) mass is 203 g/mol. The third-order valence-electron chi connectivity index (χ3n) is 2.76. The maximum Gasteiger partial charge on any atom is 0.323 e. The molecular formula is C8H13NO5. The average Bonchev–Trinajstić information content (AvgIpc) is 2.39. The minimum atomic E-state index is -1.01. The van der Waals surface area contributed by atoms with E-state index in [0.29, 0.717) is 6.42 Å². The Morgan fingerprint density at radius 1 is 1.57 bits per heavy atom. The Bertz CT molecular complexity index is 246. The number of fused-ring (bicyclic) bond motifs is 1. The summed E-state index contributed by atoms with van der Waals surface area (Å²) >= 11 is 0. The largest absolute Gasteiger partial charge is 0.480 e. The van der Waals surface area contributed by atoms with Gasteiger partial charge in [0.2, 0.25) is 0 Å². The highest BCUT2D eigenvalue weighted by molar-refractivity contribution is 5.75. The SMILES string of the molecule is O=C(O)[C@H]1C(CCO)O[C@@H]2CC(O)N21.